The predicted octanol–water partition coefficient (Wildman–Crippen LogP) is 2.54. The van der Waals surface area contributed by atoms with E-state index < -0.39 is 0 Å². The maximum Gasteiger partial charge on any atom is 0.127 e. The van der Waals surface area contributed by atoms with E-state index in [0.717, 1.165) is 24.0 Å². The van der Waals surface area contributed by atoms with Gasteiger partial charge in [0, 0.05) is 18.2 Å². The largest absolute Gasteiger partial charge is 0.373 e. The first-order valence-electron chi connectivity index (χ1n) is 6.36. The molecule has 2 bridgehead atoms. The minimum absolute atomic E-state index is 0.118. The summed E-state index contributed by atoms with van der Waals surface area (Å²) in [5.74, 6) is -0.118. The zero-order valence-corrected chi connectivity index (χ0v) is 10.1. The molecule has 0 radical (unpaired) electrons. The molecule has 2 nitrogen and oxygen atoms in total. The van der Waals surface area contributed by atoms with Gasteiger partial charge in [-0.1, -0.05) is 17.7 Å². The topological polar surface area (TPSA) is 21.3 Å². The second kappa shape index (κ2) is 4.39. The van der Waals surface area contributed by atoms with Crippen LogP contribution < -0.4 is 5.32 Å². The summed E-state index contributed by atoms with van der Waals surface area (Å²) >= 11 is 0. The van der Waals surface area contributed by atoms with Crippen LogP contribution in [0.1, 0.15) is 30.4 Å². The molecule has 2 saturated heterocycles. The Balaban J connectivity index is 1.62. The molecule has 3 unspecified atom stereocenters. The molecule has 2 heterocycles. The lowest BCUT2D eigenvalue weighted by Crippen LogP contribution is -2.37. The van der Waals surface area contributed by atoms with Crippen LogP contribution in [0.2, 0.25) is 0 Å². The molecule has 3 atom stereocenters. The van der Waals surface area contributed by atoms with Crippen LogP contribution in [0.15, 0.2) is 18.2 Å². The molecular weight excluding hydrogens is 217 g/mol. The summed E-state index contributed by atoms with van der Waals surface area (Å²) in [5, 5.41) is 3.43. The Hall–Kier alpha value is -0.930. The lowest BCUT2D eigenvalue weighted by atomic mass is 9.95. The summed E-state index contributed by atoms with van der Waals surface area (Å²) in [5.41, 5.74) is 1.86. The number of hydrogen-bond donors (Lipinski definition) is 1. The standard InChI is InChI=1S/C14H18FNO/c1-9-2-4-12(15)10(6-9)8-16-13-7-11-3-5-14(13)17-11/h2,4,6,11,13-14,16H,3,5,7-8H2,1H3. The van der Waals surface area contributed by atoms with Gasteiger partial charge in [0.1, 0.15) is 5.82 Å². The summed E-state index contributed by atoms with van der Waals surface area (Å²) in [6.45, 7) is 2.59. The van der Waals surface area contributed by atoms with Crippen LogP contribution in [0.25, 0.3) is 0 Å². The highest BCUT2D eigenvalue weighted by Crippen LogP contribution is 2.34. The van der Waals surface area contributed by atoms with Crippen LogP contribution >= 0.6 is 0 Å². The molecule has 0 aromatic heterocycles. The van der Waals surface area contributed by atoms with Crippen LogP contribution in [0.3, 0.4) is 0 Å². The number of hydrogen-bond acceptors (Lipinski definition) is 2. The number of halogens is 1. The maximum atomic E-state index is 13.6. The Labute approximate surface area is 101 Å². The van der Waals surface area contributed by atoms with Crippen molar-refractivity contribution >= 4 is 0 Å². The third-order valence-corrected chi connectivity index (χ3v) is 3.86. The second-order valence-electron chi connectivity index (χ2n) is 5.19. The summed E-state index contributed by atoms with van der Waals surface area (Å²) in [6, 6.07) is 5.67. The molecule has 3 heteroatoms. The van der Waals surface area contributed by atoms with E-state index in [9.17, 15) is 4.39 Å². The zero-order chi connectivity index (χ0) is 11.8. The molecule has 92 valence electrons. The Bertz CT molecular complexity index is 421. The number of aryl methyl sites for hydroxylation is 1. The number of fused-ring (bicyclic) bond motifs is 2. The molecular formula is C14H18FNO. The molecule has 0 amide bonds. The van der Waals surface area contributed by atoms with Crippen molar-refractivity contribution in [1.82, 2.24) is 5.32 Å². The van der Waals surface area contributed by atoms with Crippen molar-refractivity contribution in [3.05, 3.63) is 35.1 Å². The van der Waals surface area contributed by atoms with E-state index >= 15 is 0 Å². The van der Waals surface area contributed by atoms with Crippen LogP contribution in [0, 0.1) is 12.7 Å². The van der Waals surface area contributed by atoms with Crippen LogP contribution in [-0.4, -0.2) is 18.2 Å². The van der Waals surface area contributed by atoms with E-state index in [2.05, 4.69) is 5.32 Å². The number of benzene rings is 1. The molecule has 2 aliphatic rings. The van der Waals surface area contributed by atoms with Crippen LogP contribution in [-0.2, 0) is 11.3 Å². The van der Waals surface area contributed by atoms with Gasteiger partial charge in [-0.15, -0.1) is 0 Å². The fraction of sp³-hybridized carbons (Fsp3) is 0.571. The van der Waals surface area contributed by atoms with Crippen molar-refractivity contribution in [2.24, 2.45) is 0 Å². The van der Waals surface area contributed by atoms with Crippen molar-refractivity contribution in [1.29, 1.82) is 0 Å². The van der Waals surface area contributed by atoms with Gasteiger partial charge in [-0.05, 0) is 32.3 Å². The van der Waals surface area contributed by atoms with E-state index in [-0.39, 0.29) is 5.82 Å². The zero-order valence-electron chi connectivity index (χ0n) is 10.1. The van der Waals surface area contributed by atoms with Gasteiger partial charge in [0.05, 0.1) is 12.2 Å². The molecule has 2 fully saturated rings. The average molecular weight is 235 g/mol. The molecule has 17 heavy (non-hydrogen) atoms. The SMILES string of the molecule is Cc1ccc(F)c(CNC2CC3CCC2O3)c1. The van der Waals surface area contributed by atoms with E-state index in [1.165, 1.54) is 6.42 Å². The van der Waals surface area contributed by atoms with E-state index in [1.807, 2.05) is 13.0 Å². The van der Waals surface area contributed by atoms with Gasteiger partial charge < -0.3 is 10.1 Å². The molecule has 1 N–H and O–H groups in total. The Morgan fingerprint density at radius 2 is 2.29 bits per heavy atom. The van der Waals surface area contributed by atoms with Gasteiger partial charge in [0.2, 0.25) is 0 Å². The van der Waals surface area contributed by atoms with E-state index in [0.29, 0.717) is 24.8 Å². The fourth-order valence-electron chi connectivity index (χ4n) is 2.93. The Morgan fingerprint density at radius 1 is 1.41 bits per heavy atom. The highest BCUT2D eigenvalue weighted by atomic mass is 19.1. The monoisotopic (exact) mass is 235 g/mol. The summed E-state index contributed by atoms with van der Waals surface area (Å²) < 4.78 is 19.3. The smallest absolute Gasteiger partial charge is 0.127 e. The molecule has 2 aliphatic heterocycles. The summed E-state index contributed by atoms with van der Waals surface area (Å²) in [6.07, 6.45) is 4.23. The molecule has 1 aromatic carbocycles. The minimum atomic E-state index is -0.118. The van der Waals surface area contributed by atoms with Crippen molar-refractivity contribution in [2.75, 3.05) is 0 Å². The number of ether oxygens (including phenoxy) is 1. The third kappa shape index (κ3) is 2.22. The van der Waals surface area contributed by atoms with E-state index in [1.54, 1.807) is 12.1 Å². The Kier molecular flexibility index (Phi) is 2.89. The lowest BCUT2D eigenvalue weighted by Gasteiger charge is -2.20. The van der Waals surface area contributed by atoms with Crippen LogP contribution in [0.4, 0.5) is 4.39 Å². The van der Waals surface area contributed by atoms with Crippen LogP contribution in [0.5, 0.6) is 0 Å². The first-order chi connectivity index (χ1) is 8.22. The quantitative estimate of drug-likeness (QED) is 0.869. The lowest BCUT2D eigenvalue weighted by molar-refractivity contribution is 0.0972. The van der Waals surface area contributed by atoms with Gasteiger partial charge in [0.25, 0.3) is 0 Å². The second-order valence-corrected chi connectivity index (χ2v) is 5.19. The highest BCUT2D eigenvalue weighted by Gasteiger charge is 2.40. The predicted molar refractivity (Wildman–Crippen MR) is 64.3 cm³/mol. The molecule has 1 aromatic rings. The summed E-state index contributed by atoms with van der Waals surface area (Å²) in [4.78, 5) is 0. The number of nitrogens with one attached hydrogen (secondary N) is 1. The minimum Gasteiger partial charge on any atom is -0.373 e. The van der Waals surface area contributed by atoms with E-state index in [4.69, 9.17) is 4.74 Å². The molecule has 0 aliphatic carbocycles. The number of rotatable bonds is 3. The first-order valence-corrected chi connectivity index (χ1v) is 6.36. The molecule has 0 saturated carbocycles. The fourth-order valence-corrected chi connectivity index (χ4v) is 2.93. The van der Waals surface area contributed by atoms with Gasteiger partial charge in [-0.3, -0.25) is 0 Å². The first kappa shape index (κ1) is 11.2. The molecule has 0 spiro atoms. The average Bonchev–Trinajstić information content (AvgIpc) is 2.92. The van der Waals surface area contributed by atoms with Gasteiger partial charge >= 0.3 is 0 Å². The van der Waals surface area contributed by atoms with Gasteiger partial charge in [-0.25, -0.2) is 4.39 Å². The van der Waals surface area contributed by atoms with Crippen molar-refractivity contribution in [3.63, 3.8) is 0 Å². The van der Waals surface area contributed by atoms with Gasteiger partial charge in [0.15, 0.2) is 0 Å². The van der Waals surface area contributed by atoms with Crippen molar-refractivity contribution in [2.45, 2.75) is 51.0 Å². The third-order valence-electron chi connectivity index (χ3n) is 3.86. The van der Waals surface area contributed by atoms with Gasteiger partial charge in [-0.2, -0.15) is 0 Å². The summed E-state index contributed by atoms with van der Waals surface area (Å²) in [7, 11) is 0. The van der Waals surface area contributed by atoms with Crippen molar-refractivity contribution < 1.29 is 9.13 Å². The highest BCUT2D eigenvalue weighted by molar-refractivity contribution is 5.24. The maximum absolute atomic E-state index is 13.6. The Morgan fingerprint density at radius 3 is 3.00 bits per heavy atom. The normalized spacial score (nSPS) is 31.1. The van der Waals surface area contributed by atoms with Crippen molar-refractivity contribution in [3.8, 4) is 0 Å². The molecule has 3 rings (SSSR count).